The number of piperidine rings is 1. The van der Waals surface area contributed by atoms with Crippen molar-refractivity contribution < 1.29 is 24.2 Å². The highest BCUT2D eigenvalue weighted by atomic mass is 35.5. The molecule has 0 spiro atoms. The number of nitrogens with zero attached hydrogens (tertiary/aromatic N) is 7. The topological polar surface area (TPSA) is 192 Å². The third-order valence-electron chi connectivity index (χ3n) is 11.2. The summed E-state index contributed by atoms with van der Waals surface area (Å²) in [5, 5.41) is 28.8. The molecule has 3 aliphatic rings. The number of likely N-dealkylation sites (N-methyl/N-ethyl adjacent to an activating group) is 2. The standard InChI is InChI=1S/C39H48ClN11O5/c1-6-23(44-28-10-8-9-25-32(48-50(5)33(25)28)26-11-12-30(52)46-36(26)54)13-14-39(7-2)20-51(21-39)38-43-18-27(40)34(47-38)45-24-15-22-16-29(56-19-31(53)41-3)37(55)49(4)35(22)42-17-24/h8-10,15-18,23,26,37,44,55H,6-7,11-14,19-21H2,1-5H3,(H,41,53)(H,43,45,47)(H,46,52,54)/t23-,26?,37?/m1/s1. The fourth-order valence-electron chi connectivity index (χ4n) is 7.78. The van der Waals surface area contributed by atoms with Gasteiger partial charge in [0.1, 0.15) is 16.6 Å². The molecule has 2 saturated heterocycles. The molecule has 2 unspecified atom stereocenters. The fourth-order valence-corrected chi connectivity index (χ4v) is 7.92. The molecule has 3 aromatic heterocycles. The Balaban J connectivity index is 0.998. The fraction of sp³-hybridized carbons (Fsp3) is 0.462. The summed E-state index contributed by atoms with van der Waals surface area (Å²) >= 11 is 6.57. The Morgan fingerprint density at radius 3 is 2.71 bits per heavy atom. The number of fused-ring (bicyclic) bond motifs is 2. The highest BCUT2D eigenvalue weighted by Gasteiger charge is 2.43. The van der Waals surface area contributed by atoms with E-state index in [1.807, 2.05) is 29.9 Å². The summed E-state index contributed by atoms with van der Waals surface area (Å²) in [6, 6.07) is 8.12. The number of aryl methyl sites for hydroxylation is 1. The van der Waals surface area contributed by atoms with Crippen molar-refractivity contribution in [2.24, 2.45) is 12.5 Å². The zero-order chi connectivity index (χ0) is 39.7. The molecule has 1 aromatic carbocycles. The van der Waals surface area contributed by atoms with E-state index in [0.717, 1.165) is 55.4 Å². The maximum Gasteiger partial charge on any atom is 0.257 e. The molecule has 16 nitrogen and oxygen atoms in total. The van der Waals surface area contributed by atoms with Crippen LogP contribution in [-0.4, -0.2) is 93.6 Å². The van der Waals surface area contributed by atoms with Crippen molar-refractivity contribution in [3.63, 3.8) is 0 Å². The second-order valence-corrected chi connectivity index (χ2v) is 15.2. The Morgan fingerprint density at radius 1 is 1.18 bits per heavy atom. The van der Waals surface area contributed by atoms with Gasteiger partial charge in [-0.1, -0.05) is 37.6 Å². The predicted octanol–water partition coefficient (Wildman–Crippen LogP) is 4.43. The highest BCUT2D eigenvalue weighted by Crippen LogP contribution is 2.42. The lowest BCUT2D eigenvalue weighted by Crippen LogP contribution is -2.57. The van der Waals surface area contributed by atoms with Gasteiger partial charge in [0, 0.05) is 63.1 Å². The van der Waals surface area contributed by atoms with Crippen LogP contribution in [0.4, 0.5) is 29.0 Å². The molecule has 0 bridgehead atoms. The minimum absolute atomic E-state index is 0.103. The van der Waals surface area contributed by atoms with Gasteiger partial charge >= 0.3 is 0 Å². The number of hydrogen-bond donors (Lipinski definition) is 5. The Hall–Kier alpha value is -5.48. The molecule has 3 atom stereocenters. The monoisotopic (exact) mass is 785 g/mol. The van der Waals surface area contributed by atoms with Crippen molar-refractivity contribution in [1.82, 2.24) is 35.4 Å². The van der Waals surface area contributed by atoms with Crippen molar-refractivity contribution in [1.29, 1.82) is 0 Å². The molecular weight excluding hydrogens is 738 g/mol. The van der Waals surface area contributed by atoms with Crippen LogP contribution >= 0.6 is 11.6 Å². The third-order valence-corrected chi connectivity index (χ3v) is 11.5. The summed E-state index contributed by atoms with van der Waals surface area (Å²) < 4.78 is 7.42. The third kappa shape index (κ3) is 7.67. The number of rotatable bonds is 14. The van der Waals surface area contributed by atoms with Crippen LogP contribution < -0.4 is 31.1 Å². The second-order valence-electron chi connectivity index (χ2n) is 14.8. The smallest absolute Gasteiger partial charge is 0.257 e. The molecular formula is C39H48ClN11O5. The Labute approximate surface area is 330 Å². The Bertz CT molecular complexity index is 2190. The van der Waals surface area contributed by atoms with Crippen LogP contribution in [0.3, 0.4) is 0 Å². The van der Waals surface area contributed by atoms with Crippen molar-refractivity contribution in [3.8, 4) is 0 Å². The van der Waals surface area contributed by atoms with E-state index in [0.29, 0.717) is 52.4 Å². The van der Waals surface area contributed by atoms with Crippen molar-refractivity contribution in [2.75, 3.05) is 54.2 Å². The number of amides is 3. The first-order valence-electron chi connectivity index (χ1n) is 19.0. The van der Waals surface area contributed by atoms with Gasteiger partial charge in [0.2, 0.25) is 17.8 Å². The van der Waals surface area contributed by atoms with Gasteiger partial charge in [-0.3, -0.25) is 24.4 Å². The molecule has 6 heterocycles. The van der Waals surface area contributed by atoms with Crippen LogP contribution in [0.15, 0.2) is 42.4 Å². The van der Waals surface area contributed by atoms with Crippen molar-refractivity contribution in [3.05, 3.63) is 58.7 Å². The normalized spacial score (nSPS) is 19.4. The highest BCUT2D eigenvalue weighted by molar-refractivity contribution is 6.32. The van der Waals surface area contributed by atoms with Crippen LogP contribution in [0.5, 0.6) is 0 Å². The number of benzene rings is 1. The predicted molar refractivity (Wildman–Crippen MR) is 215 cm³/mol. The molecule has 4 aromatic rings. The lowest BCUT2D eigenvalue weighted by molar-refractivity contribution is -0.134. The summed E-state index contributed by atoms with van der Waals surface area (Å²) in [5.74, 6) is 0.516. The minimum atomic E-state index is -1.09. The van der Waals surface area contributed by atoms with Crippen LogP contribution in [0.25, 0.3) is 17.0 Å². The first-order chi connectivity index (χ1) is 26.9. The minimum Gasteiger partial charge on any atom is -0.483 e. The molecule has 3 aliphatic heterocycles. The number of ether oxygens (including phenoxy) is 1. The lowest BCUT2D eigenvalue weighted by Gasteiger charge is -2.50. The number of aromatic nitrogens is 5. The molecule has 3 amide bonds. The van der Waals surface area contributed by atoms with Crippen LogP contribution in [0.1, 0.15) is 69.5 Å². The molecule has 0 aliphatic carbocycles. The van der Waals surface area contributed by atoms with Gasteiger partial charge in [0.25, 0.3) is 5.91 Å². The Kier molecular flexibility index (Phi) is 11.0. The van der Waals surface area contributed by atoms with Crippen LogP contribution in [-0.2, 0) is 26.2 Å². The molecule has 0 saturated carbocycles. The number of halogens is 1. The van der Waals surface area contributed by atoms with Crippen LogP contribution in [0.2, 0.25) is 5.02 Å². The largest absolute Gasteiger partial charge is 0.483 e. The SMILES string of the molecule is CC[C@H](CCC1(CC)CN(c2ncc(Cl)c(Nc3cnc4c(c3)C=C(OCC(=O)NC)C(O)N4C)n2)C1)Nc1cccc2c(C3CCC(=O)NC3=O)nn(C)c12. The number of aliphatic hydroxyl groups is 1. The van der Waals surface area contributed by atoms with E-state index >= 15 is 0 Å². The first-order valence-corrected chi connectivity index (χ1v) is 19.4. The van der Waals surface area contributed by atoms with Gasteiger partial charge in [-0.25, -0.2) is 9.97 Å². The molecule has 296 valence electrons. The molecule has 2 fully saturated rings. The average Bonchev–Trinajstić information content (AvgIpc) is 3.51. The second kappa shape index (κ2) is 15.9. The summed E-state index contributed by atoms with van der Waals surface area (Å²) in [6.07, 6.45) is 8.49. The van der Waals surface area contributed by atoms with E-state index in [9.17, 15) is 19.5 Å². The van der Waals surface area contributed by atoms with E-state index in [1.54, 1.807) is 30.4 Å². The number of pyridine rings is 1. The van der Waals surface area contributed by atoms with E-state index in [-0.39, 0.29) is 41.5 Å². The number of hydrogen-bond acceptors (Lipinski definition) is 13. The number of imide groups is 1. The van der Waals surface area contributed by atoms with Gasteiger partial charge in [-0.15, -0.1) is 0 Å². The molecule has 0 radical (unpaired) electrons. The molecule has 5 N–H and O–H groups in total. The first kappa shape index (κ1) is 38.8. The molecule has 17 heteroatoms. The maximum absolute atomic E-state index is 12.7. The summed E-state index contributed by atoms with van der Waals surface area (Å²) in [5.41, 5.74) is 4.04. The number of nitrogens with one attached hydrogen (secondary N) is 4. The lowest BCUT2D eigenvalue weighted by atomic mass is 9.73. The van der Waals surface area contributed by atoms with E-state index in [1.165, 1.54) is 7.05 Å². The van der Waals surface area contributed by atoms with Gasteiger partial charge in [0.05, 0.1) is 40.9 Å². The average molecular weight is 786 g/mol. The van der Waals surface area contributed by atoms with Crippen molar-refractivity contribution >= 4 is 75.3 Å². The van der Waals surface area contributed by atoms with E-state index in [2.05, 4.69) is 56.0 Å². The number of carbonyl (C=O) groups excluding carboxylic acids is 3. The number of para-hydroxylation sites is 1. The number of anilines is 5. The summed E-state index contributed by atoms with van der Waals surface area (Å²) in [6.45, 7) is 5.82. The summed E-state index contributed by atoms with van der Waals surface area (Å²) in [7, 11) is 5.11. The zero-order valence-electron chi connectivity index (χ0n) is 32.2. The van der Waals surface area contributed by atoms with Crippen molar-refractivity contribution in [2.45, 2.75) is 70.6 Å². The number of aliphatic hydroxyl groups excluding tert-OH is 1. The van der Waals surface area contributed by atoms with E-state index in [4.69, 9.17) is 26.4 Å². The van der Waals surface area contributed by atoms with Gasteiger partial charge in [-0.2, -0.15) is 10.1 Å². The quantitative estimate of drug-likeness (QED) is 0.113. The molecule has 7 rings (SSSR count). The van der Waals surface area contributed by atoms with Crippen LogP contribution in [0, 0.1) is 5.41 Å². The number of carbonyl (C=O) groups is 3. The maximum atomic E-state index is 12.7. The summed E-state index contributed by atoms with van der Waals surface area (Å²) in [4.78, 5) is 53.8. The van der Waals surface area contributed by atoms with Gasteiger partial charge in [0.15, 0.2) is 18.7 Å². The Morgan fingerprint density at radius 2 is 1.98 bits per heavy atom. The van der Waals surface area contributed by atoms with E-state index < -0.39 is 12.1 Å². The zero-order valence-corrected chi connectivity index (χ0v) is 33.0. The van der Waals surface area contributed by atoms with Gasteiger partial charge < -0.3 is 35.6 Å². The molecule has 56 heavy (non-hydrogen) atoms. The van der Waals surface area contributed by atoms with Gasteiger partial charge in [-0.05, 0) is 50.3 Å².